The number of fused-ring (bicyclic) bond motifs is 3. The minimum absolute atomic E-state index is 0.0826. The Morgan fingerprint density at radius 3 is 2.87 bits per heavy atom. The number of amides is 3. The van der Waals surface area contributed by atoms with Crippen LogP contribution in [0, 0.1) is 11.3 Å². The van der Waals surface area contributed by atoms with E-state index in [1.807, 2.05) is 18.2 Å². The Hall–Kier alpha value is -2.25. The summed E-state index contributed by atoms with van der Waals surface area (Å²) in [6, 6.07) is 5.48. The Bertz CT molecular complexity index is 900. The minimum atomic E-state index is -0.565. The lowest BCUT2D eigenvalue weighted by atomic mass is 9.66. The molecule has 3 fully saturated rings. The average Bonchev–Trinajstić information content (AvgIpc) is 3.05. The van der Waals surface area contributed by atoms with Crippen molar-refractivity contribution in [3.63, 3.8) is 0 Å². The van der Waals surface area contributed by atoms with E-state index in [1.54, 1.807) is 4.90 Å². The van der Waals surface area contributed by atoms with Crippen LogP contribution in [0.15, 0.2) is 18.2 Å². The molecule has 5 rings (SSSR count). The van der Waals surface area contributed by atoms with Crippen molar-refractivity contribution in [1.82, 2.24) is 15.1 Å². The maximum absolute atomic E-state index is 13.3. The number of nitrogens with two attached hydrogens (primary N) is 1. The molecule has 2 bridgehead atoms. The van der Waals surface area contributed by atoms with E-state index >= 15 is 0 Å². The van der Waals surface area contributed by atoms with Gasteiger partial charge in [0.25, 0.3) is 5.91 Å². The monoisotopic (exact) mass is 410 g/mol. The Labute approximate surface area is 177 Å². The SMILES string of the molecule is NCC12CCCC(CN(Cc3cccc4c3C(=O)N(C3CCC(=O)NC3=O)C4)C1)C2. The topological polar surface area (TPSA) is 95.7 Å². The standard InChI is InChI=1S/C23H30N4O3/c24-13-23-8-2-3-15(9-23)10-26(14-23)11-16-4-1-5-17-12-27(22(30)20(16)17)18-6-7-19(28)25-21(18)29/h1,4-5,15,18H,2-3,6-14,24H2,(H,25,28,29). The number of piperidine rings is 2. The van der Waals surface area contributed by atoms with Crippen LogP contribution < -0.4 is 11.1 Å². The first-order chi connectivity index (χ1) is 14.5. The normalized spacial score (nSPS) is 31.6. The summed E-state index contributed by atoms with van der Waals surface area (Å²) in [6.45, 7) is 3.97. The largest absolute Gasteiger partial charge is 0.330 e. The quantitative estimate of drug-likeness (QED) is 0.732. The smallest absolute Gasteiger partial charge is 0.255 e. The van der Waals surface area contributed by atoms with Gasteiger partial charge in [0.05, 0.1) is 0 Å². The van der Waals surface area contributed by atoms with Gasteiger partial charge >= 0.3 is 0 Å². The molecule has 3 aliphatic heterocycles. The van der Waals surface area contributed by atoms with E-state index in [0.29, 0.717) is 18.9 Å². The number of hydrogen-bond acceptors (Lipinski definition) is 5. The molecule has 2 saturated heterocycles. The summed E-state index contributed by atoms with van der Waals surface area (Å²) in [5, 5.41) is 2.38. The van der Waals surface area contributed by atoms with Gasteiger partial charge in [0, 0.05) is 38.2 Å². The van der Waals surface area contributed by atoms with Crippen LogP contribution in [-0.4, -0.2) is 53.2 Å². The molecule has 7 heteroatoms. The zero-order valence-electron chi connectivity index (χ0n) is 17.4. The molecular weight excluding hydrogens is 380 g/mol. The molecule has 30 heavy (non-hydrogen) atoms. The zero-order valence-corrected chi connectivity index (χ0v) is 17.4. The summed E-state index contributed by atoms with van der Waals surface area (Å²) in [7, 11) is 0. The lowest BCUT2D eigenvalue weighted by Gasteiger charge is -2.49. The van der Waals surface area contributed by atoms with Gasteiger partial charge in [-0.15, -0.1) is 0 Å². The van der Waals surface area contributed by atoms with Gasteiger partial charge < -0.3 is 10.6 Å². The highest BCUT2D eigenvalue weighted by Crippen LogP contribution is 2.44. The third-order valence-corrected chi connectivity index (χ3v) is 7.58. The number of nitrogens with zero attached hydrogens (tertiary/aromatic N) is 2. The third kappa shape index (κ3) is 3.34. The van der Waals surface area contributed by atoms with Crippen LogP contribution in [0.5, 0.6) is 0 Å². The molecule has 4 aliphatic rings. The van der Waals surface area contributed by atoms with Crippen molar-refractivity contribution in [1.29, 1.82) is 0 Å². The maximum Gasteiger partial charge on any atom is 0.255 e. The molecule has 3 N–H and O–H groups in total. The first kappa shape index (κ1) is 19.7. The maximum atomic E-state index is 13.3. The Balaban J connectivity index is 1.36. The molecule has 1 aromatic carbocycles. The van der Waals surface area contributed by atoms with E-state index in [4.69, 9.17) is 5.73 Å². The minimum Gasteiger partial charge on any atom is -0.330 e. The first-order valence-corrected chi connectivity index (χ1v) is 11.2. The van der Waals surface area contributed by atoms with E-state index in [2.05, 4.69) is 10.2 Å². The highest BCUT2D eigenvalue weighted by Gasteiger charge is 2.43. The Morgan fingerprint density at radius 2 is 2.07 bits per heavy atom. The highest BCUT2D eigenvalue weighted by atomic mass is 16.2. The summed E-state index contributed by atoms with van der Waals surface area (Å²) < 4.78 is 0. The van der Waals surface area contributed by atoms with E-state index in [-0.39, 0.29) is 29.6 Å². The number of carbonyl (C=O) groups excluding carboxylic acids is 3. The fraction of sp³-hybridized carbons (Fsp3) is 0.609. The first-order valence-electron chi connectivity index (χ1n) is 11.2. The van der Waals surface area contributed by atoms with Gasteiger partial charge in [-0.1, -0.05) is 24.6 Å². The lowest BCUT2D eigenvalue weighted by molar-refractivity contribution is -0.136. The molecular formula is C23H30N4O3. The fourth-order valence-electron chi connectivity index (χ4n) is 6.22. The predicted octanol–water partition coefficient (Wildman–Crippen LogP) is 1.40. The van der Waals surface area contributed by atoms with Crippen molar-refractivity contribution in [3.05, 3.63) is 34.9 Å². The van der Waals surface area contributed by atoms with Crippen LogP contribution in [-0.2, 0) is 22.7 Å². The van der Waals surface area contributed by atoms with E-state index in [9.17, 15) is 14.4 Å². The Kier molecular flexibility index (Phi) is 4.90. The zero-order chi connectivity index (χ0) is 20.9. The third-order valence-electron chi connectivity index (χ3n) is 7.58. The number of rotatable bonds is 4. The van der Waals surface area contributed by atoms with Crippen LogP contribution in [0.25, 0.3) is 0 Å². The lowest BCUT2D eigenvalue weighted by Crippen LogP contribution is -2.53. The summed E-state index contributed by atoms with van der Waals surface area (Å²) >= 11 is 0. The average molecular weight is 411 g/mol. The number of hydrogen-bond donors (Lipinski definition) is 2. The van der Waals surface area contributed by atoms with Crippen LogP contribution in [0.3, 0.4) is 0 Å². The van der Waals surface area contributed by atoms with E-state index in [0.717, 1.165) is 42.9 Å². The van der Waals surface area contributed by atoms with Crippen LogP contribution in [0.1, 0.15) is 60.0 Å². The van der Waals surface area contributed by atoms with E-state index in [1.165, 1.54) is 25.7 Å². The number of carbonyl (C=O) groups is 3. The highest BCUT2D eigenvalue weighted by molar-refractivity contribution is 6.05. The van der Waals surface area contributed by atoms with Crippen molar-refractivity contribution in [2.75, 3.05) is 19.6 Å². The summed E-state index contributed by atoms with van der Waals surface area (Å²) in [6.07, 6.45) is 5.65. The summed E-state index contributed by atoms with van der Waals surface area (Å²) in [5.74, 6) is -0.00222. The molecule has 1 saturated carbocycles. The molecule has 1 aliphatic carbocycles. The van der Waals surface area contributed by atoms with Gasteiger partial charge in [-0.05, 0) is 54.7 Å². The van der Waals surface area contributed by atoms with Crippen LogP contribution in [0.4, 0.5) is 0 Å². The number of imide groups is 1. The van der Waals surface area contributed by atoms with Crippen molar-refractivity contribution in [3.8, 4) is 0 Å². The number of likely N-dealkylation sites (tertiary alicyclic amines) is 1. The fourth-order valence-corrected chi connectivity index (χ4v) is 6.22. The van der Waals surface area contributed by atoms with Gasteiger partial charge in [-0.3, -0.25) is 24.6 Å². The Morgan fingerprint density at radius 1 is 1.20 bits per heavy atom. The van der Waals surface area contributed by atoms with Crippen molar-refractivity contribution < 1.29 is 14.4 Å². The van der Waals surface area contributed by atoms with Gasteiger partial charge in [0.15, 0.2) is 0 Å². The molecule has 3 unspecified atom stereocenters. The molecule has 0 radical (unpaired) electrons. The predicted molar refractivity (Wildman–Crippen MR) is 111 cm³/mol. The van der Waals surface area contributed by atoms with Crippen molar-refractivity contribution in [2.45, 2.75) is 57.7 Å². The van der Waals surface area contributed by atoms with Crippen LogP contribution in [0.2, 0.25) is 0 Å². The summed E-state index contributed by atoms with van der Waals surface area (Å²) in [4.78, 5) is 41.3. The number of benzene rings is 1. The van der Waals surface area contributed by atoms with Gasteiger partial charge in [0.1, 0.15) is 6.04 Å². The van der Waals surface area contributed by atoms with Gasteiger partial charge in [0.2, 0.25) is 11.8 Å². The van der Waals surface area contributed by atoms with Gasteiger partial charge in [-0.2, -0.15) is 0 Å². The molecule has 7 nitrogen and oxygen atoms in total. The molecule has 160 valence electrons. The molecule has 1 aromatic rings. The van der Waals surface area contributed by atoms with E-state index < -0.39 is 6.04 Å². The molecule has 3 amide bonds. The summed E-state index contributed by atoms with van der Waals surface area (Å²) in [5.41, 5.74) is 9.18. The van der Waals surface area contributed by atoms with Crippen molar-refractivity contribution in [2.24, 2.45) is 17.1 Å². The van der Waals surface area contributed by atoms with Crippen LogP contribution >= 0.6 is 0 Å². The second-order valence-corrected chi connectivity index (χ2v) is 9.69. The molecule has 0 spiro atoms. The second-order valence-electron chi connectivity index (χ2n) is 9.69. The number of nitrogens with one attached hydrogen (secondary N) is 1. The van der Waals surface area contributed by atoms with Crippen molar-refractivity contribution >= 4 is 17.7 Å². The molecule has 3 heterocycles. The molecule has 3 atom stereocenters. The second kappa shape index (κ2) is 7.46. The molecule has 0 aromatic heterocycles. The van der Waals surface area contributed by atoms with Gasteiger partial charge in [-0.25, -0.2) is 0 Å².